The highest BCUT2D eigenvalue weighted by molar-refractivity contribution is 7.32. The van der Waals surface area contributed by atoms with Crippen molar-refractivity contribution >= 4 is 89.6 Å². The van der Waals surface area contributed by atoms with Crippen LogP contribution in [0, 0.1) is 96.0 Å². The summed E-state index contributed by atoms with van der Waals surface area (Å²) in [5, 5.41) is 31.9. The van der Waals surface area contributed by atoms with Gasteiger partial charge in [0.2, 0.25) is 0 Å². The molecule has 0 fully saturated rings. The van der Waals surface area contributed by atoms with Crippen molar-refractivity contribution in [2.75, 3.05) is 0 Å². The minimum atomic E-state index is -0.926. The van der Waals surface area contributed by atoms with Crippen LogP contribution in [0.3, 0.4) is 0 Å². The minimum Gasteiger partial charge on any atom is -0.289 e. The molecule has 0 saturated heterocycles. The van der Waals surface area contributed by atoms with E-state index in [0.717, 1.165) is 142 Å². The van der Waals surface area contributed by atoms with Crippen LogP contribution in [0.25, 0.3) is 79.3 Å². The topological polar surface area (TPSA) is 110 Å². The van der Waals surface area contributed by atoms with E-state index in [0.29, 0.717) is 44.5 Å². The Kier molecular flexibility index (Phi) is 16.6. The maximum atomic E-state index is 15.0. The summed E-state index contributed by atoms with van der Waals surface area (Å²) in [6.45, 7) is 25.6. The predicted molar refractivity (Wildman–Crippen MR) is 497 cm³/mol. The number of benzene rings is 12. The minimum absolute atomic E-state index is 0.103. The molecule has 4 heterocycles. The van der Waals surface area contributed by atoms with Gasteiger partial charge in [-0.2, -0.15) is 10.5 Å². The average Bonchev–Trinajstić information content (AvgIpc) is 1.48. The third-order valence-electron chi connectivity index (χ3n) is 26.8. The highest BCUT2D eigenvalue weighted by Gasteiger charge is 2.58. The maximum absolute atomic E-state index is 15.0. The maximum Gasteiger partial charge on any atom is 0.270 e. The third kappa shape index (κ3) is 10.1. The van der Waals surface area contributed by atoms with E-state index >= 15 is 0 Å². The van der Waals surface area contributed by atoms with Gasteiger partial charge >= 0.3 is 0 Å². The number of Topliss-reactive ketones (excluding diaryl/α,β-unsaturated/α-hetero) is 2. The van der Waals surface area contributed by atoms with Gasteiger partial charge in [-0.05, 0) is 215 Å². The number of ketones is 2. The van der Waals surface area contributed by atoms with E-state index in [2.05, 4.69) is 309 Å². The van der Waals surface area contributed by atoms with Crippen molar-refractivity contribution in [3.8, 4) is 60.0 Å². The van der Waals surface area contributed by atoms with Crippen molar-refractivity contribution in [2.45, 2.75) is 77.0 Å². The van der Waals surface area contributed by atoms with Crippen molar-refractivity contribution in [2.24, 2.45) is 0 Å². The van der Waals surface area contributed by atoms with E-state index < -0.39 is 21.7 Å². The SMILES string of the molecule is [C-]#[N+]C(C#N)=C1/C(=C/c2cc3c(s2)-c2cc4c(cc2C3(c2ccc(C)cc2)c2ccc(C)cc2)-c2sc3c5c(sc3c2C4(c2ccc(C)cc2)c2ccc(C)cc2)-c2cc3c(cc2C5(c2ccc(C)cc2)c2ccc(C)cc2)-c2sc(/C=C4\C(=O)c5ccccc5C4=C(C#N)C#N)cc2C3(c2ccc(C)cc2)c2ccc(C)cc2)C(=O)c2ccccc21. The van der Waals surface area contributed by atoms with Crippen molar-refractivity contribution < 1.29 is 9.59 Å². The first-order valence-corrected chi connectivity index (χ1v) is 44.3. The van der Waals surface area contributed by atoms with Crippen LogP contribution in [0.15, 0.2) is 301 Å². The lowest BCUT2D eigenvalue weighted by atomic mass is 9.65. The number of allylic oxidation sites excluding steroid dienone is 6. The van der Waals surface area contributed by atoms with Crippen LogP contribution in [0.5, 0.6) is 0 Å². The van der Waals surface area contributed by atoms with Crippen LogP contribution in [0.1, 0.15) is 175 Å². The summed E-state index contributed by atoms with van der Waals surface area (Å²) in [5.74, 6) is -0.433. The second-order valence-electron chi connectivity index (χ2n) is 33.7. The Morgan fingerprint density at radius 2 is 0.566 bits per heavy atom. The Balaban J connectivity index is 0.861. The van der Waals surface area contributed by atoms with Gasteiger partial charge in [0, 0.05) is 73.8 Å². The number of carbonyl (C=O) groups is 2. The van der Waals surface area contributed by atoms with E-state index in [9.17, 15) is 25.4 Å². The molecule has 10 heteroatoms. The molecule has 0 amide bonds. The molecule has 16 aromatic rings. The van der Waals surface area contributed by atoms with E-state index in [1.54, 1.807) is 34.8 Å². The number of carbonyl (C=O) groups excluding carboxylic acids is 2. The van der Waals surface area contributed by atoms with Crippen LogP contribution >= 0.6 is 45.3 Å². The molecule has 0 aliphatic heterocycles. The molecule has 6 aliphatic rings. The Hall–Kier alpha value is -14.0. The summed E-state index contributed by atoms with van der Waals surface area (Å²) in [4.78, 5) is 39.9. The molecule has 22 rings (SSSR count). The number of thiophene rings is 4. The van der Waals surface area contributed by atoms with Crippen LogP contribution in [0.4, 0.5) is 0 Å². The van der Waals surface area contributed by atoms with Crippen molar-refractivity contribution in [3.05, 3.63) is 478 Å². The number of nitriles is 3. The van der Waals surface area contributed by atoms with Crippen LogP contribution < -0.4 is 0 Å². The fourth-order valence-corrected chi connectivity index (χ4v) is 26.7. The number of hydrogen-bond acceptors (Lipinski definition) is 9. The summed E-state index contributed by atoms with van der Waals surface area (Å²) < 4.78 is 2.46. The van der Waals surface area contributed by atoms with Crippen molar-refractivity contribution in [1.82, 2.24) is 0 Å². The Morgan fingerprint density at radius 1 is 0.303 bits per heavy atom. The van der Waals surface area contributed by atoms with Gasteiger partial charge in [0.15, 0.2) is 11.6 Å². The van der Waals surface area contributed by atoms with Gasteiger partial charge in [-0.15, -0.1) is 45.3 Å². The lowest BCUT2D eigenvalue weighted by Gasteiger charge is -2.36. The molecule has 0 spiro atoms. The average molecular weight is 1630 g/mol. The predicted octanol–water partition coefficient (Wildman–Crippen LogP) is 27.5. The Bertz CT molecular complexity index is 7000. The Morgan fingerprint density at radius 3 is 0.852 bits per heavy atom. The van der Waals surface area contributed by atoms with Crippen LogP contribution in [-0.2, 0) is 21.7 Å². The van der Waals surface area contributed by atoms with Gasteiger partial charge < -0.3 is 0 Å². The quantitative estimate of drug-likeness (QED) is 0.0770. The zero-order chi connectivity index (χ0) is 83.3. The summed E-state index contributed by atoms with van der Waals surface area (Å²) in [5.41, 5.74) is 31.7. The molecular formula is C112H72N4O2S4. The monoisotopic (exact) mass is 1630 g/mol. The van der Waals surface area contributed by atoms with E-state index in [1.807, 2.05) is 71.2 Å². The van der Waals surface area contributed by atoms with E-state index in [-0.39, 0.29) is 22.8 Å². The Labute approximate surface area is 724 Å². The zero-order valence-corrected chi connectivity index (χ0v) is 71.2. The van der Waals surface area contributed by atoms with E-state index in [4.69, 9.17) is 6.57 Å². The normalized spacial score (nSPS) is 16.1. The van der Waals surface area contributed by atoms with E-state index in [1.165, 1.54) is 52.5 Å². The molecule has 0 bridgehead atoms. The summed E-state index contributed by atoms with van der Waals surface area (Å²) in [6, 6.07) is 110. The van der Waals surface area contributed by atoms with Crippen molar-refractivity contribution in [1.29, 1.82) is 15.8 Å². The molecule has 6 nitrogen and oxygen atoms in total. The standard InChI is InChI=1S/C112H72N4O2S4/c1-61-18-34-70(35-19-61)109(71-36-20-62(2)21-37-71)90-56-86-92(54-84(90)103-94(109)52-78(119-103)50-88-97(69(58-113)59-114)80-14-10-12-16-82(80)101(88)117)111(74-42-26-65(5)27-43-74,75-44-28-66(6)29-45-75)99-105(86)121-108-100-106(122-107(99)108)87-57-91-85(55-93(87)112(100,76-46-30-67(7)31-47-76)77-48-32-68(8)33-49-77)104-95(110(91,72-38-22-63(3)23-39-72)73-40-24-64(4)25-41-73)53-79(120-104)51-89-98(96(60-115)116-9)81-15-11-13-17-83(81)102(89)118/h10-57H,1-8H3/b88-50-,89-51-,98-96?. The highest BCUT2D eigenvalue weighted by atomic mass is 32.1. The first kappa shape index (κ1) is 74.3. The van der Waals surface area contributed by atoms with Gasteiger partial charge in [0.25, 0.3) is 5.70 Å². The third-order valence-corrected chi connectivity index (χ3v) is 31.6. The molecular weight excluding hydrogens is 1560 g/mol. The molecule has 0 atom stereocenters. The number of fused-ring (bicyclic) bond motifs is 17. The first-order valence-electron chi connectivity index (χ1n) is 41.0. The number of rotatable bonds is 10. The molecule has 0 radical (unpaired) electrons. The molecule has 12 aromatic carbocycles. The summed E-state index contributed by atoms with van der Waals surface area (Å²) in [6.07, 6.45) is 3.88. The van der Waals surface area contributed by atoms with Crippen molar-refractivity contribution in [3.63, 3.8) is 0 Å². The number of hydrogen-bond donors (Lipinski definition) is 0. The highest BCUT2D eigenvalue weighted by Crippen LogP contribution is 2.72. The molecule has 0 unspecified atom stereocenters. The summed E-state index contributed by atoms with van der Waals surface area (Å²) in [7, 11) is 0. The number of nitrogens with zero attached hydrogens (tertiary/aromatic N) is 4. The zero-order valence-electron chi connectivity index (χ0n) is 68.0. The molecule has 122 heavy (non-hydrogen) atoms. The smallest absolute Gasteiger partial charge is 0.270 e. The largest absolute Gasteiger partial charge is 0.289 e. The molecule has 576 valence electrons. The van der Waals surface area contributed by atoms with Crippen LogP contribution in [-0.4, -0.2) is 11.6 Å². The fraction of sp³-hybridized carbons (Fsp3) is 0.107. The fourth-order valence-electron chi connectivity index (χ4n) is 21.2. The second kappa shape index (κ2) is 27.2. The number of aryl methyl sites for hydroxylation is 8. The molecule has 6 aliphatic carbocycles. The van der Waals surface area contributed by atoms with Gasteiger partial charge in [-0.3, -0.25) is 9.59 Å². The van der Waals surface area contributed by atoms with Gasteiger partial charge in [-0.25, -0.2) is 10.1 Å². The molecule has 0 saturated carbocycles. The lowest BCUT2D eigenvalue weighted by Crippen LogP contribution is -2.30. The summed E-state index contributed by atoms with van der Waals surface area (Å²) >= 11 is 7.20. The van der Waals surface area contributed by atoms with Gasteiger partial charge in [0.05, 0.1) is 43.7 Å². The molecule has 0 N–H and O–H groups in total. The van der Waals surface area contributed by atoms with Crippen LogP contribution in [0.2, 0.25) is 0 Å². The first-order chi connectivity index (χ1) is 59.3. The second-order valence-corrected chi connectivity index (χ2v) is 37.9. The lowest BCUT2D eigenvalue weighted by molar-refractivity contribution is 0.103. The van der Waals surface area contributed by atoms with Gasteiger partial charge in [-0.1, -0.05) is 287 Å². The van der Waals surface area contributed by atoms with Gasteiger partial charge in [0.1, 0.15) is 17.7 Å². The molecule has 4 aromatic heterocycles.